The molecule has 16 heteroatoms. The van der Waals surface area contributed by atoms with E-state index in [9.17, 15) is 34.8 Å². The van der Waals surface area contributed by atoms with Gasteiger partial charge in [-0.3, -0.25) is 19.4 Å². The molecule has 0 spiro atoms. The van der Waals surface area contributed by atoms with Crippen LogP contribution in [-0.4, -0.2) is 111 Å². The molecule has 0 radical (unpaired) electrons. The first-order valence-electron chi connectivity index (χ1n) is 13.6. The molecule has 1 atom stereocenters. The molecule has 4 rings (SSSR count). The van der Waals surface area contributed by atoms with Crippen LogP contribution in [0.3, 0.4) is 0 Å². The normalized spacial score (nSPS) is 16.6. The number of benzene rings is 2. The molecule has 0 aromatic heterocycles. The van der Waals surface area contributed by atoms with E-state index < -0.39 is 47.8 Å². The van der Waals surface area contributed by atoms with Crippen LogP contribution in [0.4, 0.5) is 4.39 Å². The van der Waals surface area contributed by atoms with Crippen molar-refractivity contribution in [3.8, 4) is 23.0 Å². The van der Waals surface area contributed by atoms with Crippen LogP contribution >= 0.6 is 0 Å². The molecule has 0 bridgehead atoms. The average molecular weight is 583 g/mol. The summed E-state index contributed by atoms with van der Waals surface area (Å²) in [6, 6.07) is 0. The van der Waals surface area contributed by atoms with Crippen LogP contribution in [0.15, 0.2) is 0 Å². The van der Waals surface area contributed by atoms with E-state index >= 15 is 4.39 Å². The number of aldehydes is 1. The molecule has 1 saturated heterocycles. The molecule has 2 heterocycles. The molecule has 12 nitrogen and oxygen atoms in total. The van der Waals surface area contributed by atoms with Gasteiger partial charge in [0, 0.05) is 56.2 Å². The third kappa shape index (κ3) is 5.29. The van der Waals surface area contributed by atoms with Gasteiger partial charge in [0.25, 0.3) is 11.8 Å². The maximum atomic E-state index is 15.9. The number of carbonyl (C=O) groups excluding carboxylic acids is 3. The lowest BCUT2D eigenvalue weighted by atomic mass is 9.75. The Kier molecular flexibility index (Phi) is 9.09. The molecule has 2 amide bonds. The zero-order valence-corrected chi connectivity index (χ0v) is 24.0. The summed E-state index contributed by atoms with van der Waals surface area (Å²) < 4.78 is 27.3. The minimum absolute atomic E-state index is 0.0370. The topological polar surface area (TPSA) is 169 Å². The number of nitrogens with zero attached hydrogens (tertiary/aromatic N) is 2. The number of amides is 2. The van der Waals surface area contributed by atoms with Gasteiger partial charge in [-0.15, -0.1) is 0 Å². The van der Waals surface area contributed by atoms with Gasteiger partial charge in [-0.25, -0.2) is 4.39 Å². The number of hydrogen-bond acceptors (Lipinski definition) is 10. The number of rotatable bonds is 10. The lowest BCUT2D eigenvalue weighted by Gasteiger charge is -2.34. The summed E-state index contributed by atoms with van der Waals surface area (Å²) in [4.78, 5) is 39.9. The highest BCUT2D eigenvalue weighted by molar-refractivity contribution is 6.50. The number of nitrogens with one attached hydrogen (secondary N) is 1. The molecule has 1 fully saturated rings. The number of phenolic OH excluding ortho intramolecular Hbond substituents is 3. The largest absolute Gasteiger partial charge is 0.508 e. The maximum absolute atomic E-state index is 15.9. The van der Waals surface area contributed by atoms with Crippen molar-refractivity contribution in [1.82, 2.24) is 15.1 Å². The second kappa shape index (κ2) is 12.2. The predicted molar refractivity (Wildman–Crippen MR) is 157 cm³/mol. The molecule has 0 aliphatic carbocycles. The molecule has 2 aromatic carbocycles. The third-order valence-electron chi connectivity index (χ3n) is 8.19. The number of aliphatic hydroxyl groups is 1. The van der Waals surface area contributed by atoms with Crippen molar-refractivity contribution in [2.24, 2.45) is 0 Å². The second-order valence-electron chi connectivity index (χ2n) is 10.5. The van der Waals surface area contributed by atoms with E-state index in [1.165, 1.54) is 14.9 Å². The van der Waals surface area contributed by atoms with E-state index in [0.717, 1.165) is 4.90 Å². The molecule has 2 aliphatic rings. The quantitative estimate of drug-likeness (QED) is 0.105. The van der Waals surface area contributed by atoms with Crippen molar-refractivity contribution in [3.63, 3.8) is 0 Å². The Morgan fingerprint density at radius 3 is 2.38 bits per heavy atom. The summed E-state index contributed by atoms with van der Waals surface area (Å²) in [5, 5.41) is 45.6. The van der Waals surface area contributed by atoms with Gasteiger partial charge in [-0.05, 0) is 5.46 Å². The first-order chi connectivity index (χ1) is 19.9. The standard InChI is InChI=1S/C26H33B3FN3O9/c1-31-25(39)26(40,3-2-6-34)33-10-12-15(24(33)38)21(36)22(37)18(29)23(12)42-11-14-16(27)17(28)20(35)13(19(14)30)9-32-4-7-41-8-5-32/h6,35-37,40H,2-5,7-11,27-29H2,1H3,(H,31,39). The number of fused-ring (bicyclic) bond motifs is 1. The van der Waals surface area contributed by atoms with Gasteiger partial charge in [0.2, 0.25) is 5.72 Å². The predicted octanol–water partition coefficient (Wildman–Crippen LogP) is -4.50. The fourth-order valence-corrected chi connectivity index (χ4v) is 5.48. The highest BCUT2D eigenvalue weighted by atomic mass is 19.1. The zero-order valence-electron chi connectivity index (χ0n) is 24.0. The Hall–Kier alpha value is -3.75. The maximum Gasteiger partial charge on any atom is 0.273 e. The summed E-state index contributed by atoms with van der Waals surface area (Å²) in [5.74, 6) is -4.15. The van der Waals surface area contributed by atoms with Gasteiger partial charge in [0.05, 0.1) is 25.3 Å². The molecule has 2 aromatic rings. The van der Waals surface area contributed by atoms with E-state index in [-0.39, 0.29) is 58.8 Å². The first kappa shape index (κ1) is 31.2. The van der Waals surface area contributed by atoms with Crippen molar-refractivity contribution in [2.45, 2.75) is 38.3 Å². The van der Waals surface area contributed by atoms with Crippen LogP contribution in [0.25, 0.3) is 0 Å². The fourth-order valence-electron chi connectivity index (χ4n) is 5.48. The average Bonchev–Trinajstić information content (AvgIpc) is 3.34. The summed E-state index contributed by atoms with van der Waals surface area (Å²) in [6.45, 7) is 1.55. The second-order valence-corrected chi connectivity index (χ2v) is 10.5. The Labute approximate surface area is 244 Å². The Balaban J connectivity index is 1.73. The van der Waals surface area contributed by atoms with E-state index in [4.69, 9.17) is 9.47 Å². The zero-order chi connectivity index (χ0) is 30.9. The van der Waals surface area contributed by atoms with E-state index in [1.807, 2.05) is 4.90 Å². The number of aromatic hydroxyl groups is 3. The summed E-state index contributed by atoms with van der Waals surface area (Å²) in [7, 11) is 6.00. The number of halogens is 1. The lowest BCUT2D eigenvalue weighted by molar-refractivity contribution is -0.159. The molecule has 1 unspecified atom stereocenters. The Morgan fingerprint density at radius 2 is 1.76 bits per heavy atom. The van der Waals surface area contributed by atoms with Gasteiger partial charge < -0.3 is 40.0 Å². The highest BCUT2D eigenvalue weighted by Crippen LogP contribution is 2.43. The van der Waals surface area contributed by atoms with Crippen LogP contribution in [-0.2, 0) is 34.0 Å². The first-order valence-corrected chi connectivity index (χ1v) is 13.6. The van der Waals surface area contributed by atoms with Gasteiger partial charge in [0.15, 0.2) is 11.5 Å². The minimum Gasteiger partial charge on any atom is -0.508 e. The van der Waals surface area contributed by atoms with Crippen LogP contribution in [0, 0.1) is 5.82 Å². The van der Waals surface area contributed by atoms with Crippen molar-refractivity contribution < 1.29 is 48.7 Å². The van der Waals surface area contributed by atoms with E-state index in [0.29, 0.717) is 43.5 Å². The van der Waals surface area contributed by atoms with Crippen LogP contribution < -0.4 is 26.4 Å². The van der Waals surface area contributed by atoms with Gasteiger partial charge in [-0.2, -0.15) is 0 Å². The third-order valence-corrected chi connectivity index (χ3v) is 8.19. The number of carbonyl (C=O) groups is 3. The van der Waals surface area contributed by atoms with Crippen molar-refractivity contribution in [2.75, 3.05) is 33.4 Å². The Bertz CT molecular complexity index is 1440. The van der Waals surface area contributed by atoms with Gasteiger partial charge in [0.1, 0.15) is 53.7 Å². The number of hydrogen-bond donors (Lipinski definition) is 5. The van der Waals surface area contributed by atoms with Gasteiger partial charge in [-0.1, -0.05) is 10.9 Å². The van der Waals surface area contributed by atoms with Gasteiger partial charge >= 0.3 is 0 Å². The lowest BCUT2D eigenvalue weighted by Crippen LogP contribution is -2.58. The molecule has 222 valence electrons. The smallest absolute Gasteiger partial charge is 0.273 e. The van der Waals surface area contributed by atoms with Crippen molar-refractivity contribution >= 4 is 58.0 Å². The van der Waals surface area contributed by atoms with Crippen LogP contribution in [0.2, 0.25) is 0 Å². The highest BCUT2D eigenvalue weighted by Gasteiger charge is 2.50. The SMILES string of the molecule is Bc1c(B)c(COc2c(B)c(O)c(O)c3c2CN(C(O)(CCC=O)C(=O)NC)C3=O)c(F)c(CN2CCOCC2)c1O. The van der Waals surface area contributed by atoms with Crippen molar-refractivity contribution in [3.05, 3.63) is 28.1 Å². The van der Waals surface area contributed by atoms with E-state index in [2.05, 4.69) is 5.32 Å². The summed E-state index contributed by atoms with van der Waals surface area (Å²) in [6.07, 6.45) is -0.163. The fraction of sp³-hybridized carbons (Fsp3) is 0.423. The molecular weight excluding hydrogens is 550 g/mol. The molecule has 2 aliphatic heterocycles. The number of phenols is 3. The Morgan fingerprint density at radius 1 is 1.10 bits per heavy atom. The van der Waals surface area contributed by atoms with Crippen LogP contribution in [0.1, 0.15) is 39.9 Å². The molecule has 0 saturated carbocycles. The number of ether oxygens (including phenoxy) is 2. The summed E-state index contributed by atoms with van der Waals surface area (Å²) in [5.41, 5.74) is -1.50. The number of likely N-dealkylation sites (N-methyl/N-ethyl adjacent to an activating group) is 1. The summed E-state index contributed by atoms with van der Waals surface area (Å²) >= 11 is 0. The number of morpholine rings is 1. The molecular formula is C26H33B3FN3O9. The monoisotopic (exact) mass is 583 g/mol. The van der Waals surface area contributed by atoms with Crippen molar-refractivity contribution in [1.29, 1.82) is 0 Å². The van der Waals surface area contributed by atoms with Crippen LogP contribution in [0.5, 0.6) is 23.0 Å². The minimum atomic E-state index is -2.44. The molecule has 5 N–H and O–H groups in total. The molecule has 42 heavy (non-hydrogen) atoms. The van der Waals surface area contributed by atoms with E-state index in [1.54, 1.807) is 15.7 Å².